The lowest BCUT2D eigenvalue weighted by Gasteiger charge is -2.37. The summed E-state index contributed by atoms with van der Waals surface area (Å²) in [7, 11) is 1.67. The van der Waals surface area contributed by atoms with Gasteiger partial charge in [0.1, 0.15) is 11.6 Å². The second-order valence-corrected chi connectivity index (χ2v) is 6.80. The highest BCUT2D eigenvalue weighted by molar-refractivity contribution is 5.70. The maximum atomic E-state index is 5.44. The van der Waals surface area contributed by atoms with E-state index in [9.17, 15) is 0 Å². The number of nitrogens with one attached hydrogen (secondary N) is 1. The molecule has 1 aromatic heterocycles. The molecular weight excluding hydrogens is 312 g/mol. The molecule has 5 heteroatoms. The Hall–Kier alpha value is -2.14. The first-order chi connectivity index (χ1) is 11.9. The lowest BCUT2D eigenvalue weighted by atomic mass is 10.0. The quantitative estimate of drug-likeness (QED) is 0.786. The fourth-order valence-corrected chi connectivity index (χ4v) is 3.18. The number of methoxy groups -OCH3 is 1. The van der Waals surface area contributed by atoms with E-state index in [4.69, 9.17) is 4.74 Å². The molecule has 1 heterocycles. The molecule has 0 unspecified atom stereocenters. The Kier molecular flexibility index (Phi) is 6.37. The first-order valence-electron chi connectivity index (χ1n) is 8.89. The molecule has 0 radical (unpaired) electrons. The van der Waals surface area contributed by atoms with E-state index in [2.05, 4.69) is 55.0 Å². The number of hydrogen-bond acceptors (Lipinski definition) is 5. The van der Waals surface area contributed by atoms with Gasteiger partial charge >= 0.3 is 0 Å². The molecular formula is C20H30N4O. The number of likely N-dealkylation sites (N-methyl/N-ethyl adjacent to an activating group) is 1. The number of aromatic nitrogens is 2. The summed E-state index contributed by atoms with van der Waals surface area (Å²) in [6.07, 6.45) is 0. The summed E-state index contributed by atoms with van der Waals surface area (Å²) in [5, 5.41) is 12.2. The molecule has 0 saturated carbocycles. The third-order valence-corrected chi connectivity index (χ3v) is 4.67. The van der Waals surface area contributed by atoms with Crippen molar-refractivity contribution in [2.75, 3.05) is 32.1 Å². The molecule has 0 bridgehead atoms. The van der Waals surface area contributed by atoms with Crippen LogP contribution in [0.15, 0.2) is 30.3 Å². The number of anilines is 1. The van der Waals surface area contributed by atoms with E-state index in [1.807, 2.05) is 30.3 Å². The SMILES string of the molecule is CCN(CC)C(C)(C)CNc1cc(C)c(-c2ccccc2OC)nn1. The minimum atomic E-state index is 0.0560. The molecule has 1 N–H and O–H groups in total. The van der Waals surface area contributed by atoms with Crippen molar-refractivity contribution in [3.05, 3.63) is 35.9 Å². The largest absolute Gasteiger partial charge is 0.496 e. The van der Waals surface area contributed by atoms with Gasteiger partial charge in [-0.3, -0.25) is 4.90 Å². The van der Waals surface area contributed by atoms with E-state index in [1.165, 1.54) is 0 Å². The molecule has 0 spiro atoms. The molecule has 0 fully saturated rings. The van der Waals surface area contributed by atoms with Crippen molar-refractivity contribution in [3.8, 4) is 17.0 Å². The van der Waals surface area contributed by atoms with Crippen molar-refractivity contribution in [3.63, 3.8) is 0 Å². The van der Waals surface area contributed by atoms with E-state index in [-0.39, 0.29) is 5.54 Å². The Balaban J connectivity index is 2.17. The molecule has 0 amide bonds. The van der Waals surface area contributed by atoms with Gasteiger partial charge in [-0.25, -0.2) is 0 Å². The number of rotatable bonds is 8. The molecule has 136 valence electrons. The highest BCUT2D eigenvalue weighted by Gasteiger charge is 2.24. The van der Waals surface area contributed by atoms with Gasteiger partial charge in [0.2, 0.25) is 0 Å². The average Bonchev–Trinajstić information content (AvgIpc) is 2.61. The standard InChI is InChI=1S/C20H30N4O/c1-7-24(8-2)20(4,5)14-21-18-13-15(3)19(23-22-18)16-11-9-10-12-17(16)25-6/h9-13H,7-8,14H2,1-6H3,(H,21,22). The summed E-state index contributed by atoms with van der Waals surface area (Å²) in [6.45, 7) is 13.8. The Morgan fingerprint density at radius 3 is 2.40 bits per heavy atom. The third-order valence-electron chi connectivity index (χ3n) is 4.67. The van der Waals surface area contributed by atoms with E-state index in [1.54, 1.807) is 7.11 Å². The molecule has 1 aromatic carbocycles. The zero-order valence-corrected chi connectivity index (χ0v) is 16.3. The molecule has 2 aromatic rings. The average molecular weight is 342 g/mol. The second-order valence-electron chi connectivity index (χ2n) is 6.80. The van der Waals surface area contributed by atoms with Crippen LogP contribution < -0.4 is 10.1 Å². The summed E-state index contributed by atoms with van der Waals surface area (Å²) in [5.74, 6) is 1.61. The summed E-state index contributed by atoms with van der Waals surface area (Å²) in [6, 6.07) is 9.93. The molecule has 0 aliphatic rings. The summed E-state index contributed by atoms with van der Waals surface area (Å²) >= 11 is 0. The normalized spacial score (nSPS) is 11.6. The summed E-state index contributed by atoms with van der Waals surface area (Å²) in [5.41, 5.74) is 2.94. The number of para-hydroxylation sites is 1. The third kappa shape index (κ3) is 4.48. The molecule has 0 saturated heterocycles. The van der Waals surface area contributed by atoms with E-state index in [0.717, 1.165) is 48.0 Å². The van der Waals surface area contributed by atoms with Crippen molar-refractivity contribution in [1.29, 1.82) is 0 Å². The molecule has 0 aliphatic carbocycles. The lowest BCUT2D eigenvalue weighted by molar-refractivity contribution is 0.147. The fraction of sp³-hybridized carbons (Fsp3) is 0.500. The van der Waals surface area contributed by atoms with Crippen LogP contribution in [0.4, 0.5) is 5.82 Å². The number of aryl methyl sites for hydroxylation is 1. The fourth-order valence-electron chi connectivity index (χ4n) is 3.18. The number of nitrogens with zero attached hydrogens (tertiary/aromatic N) is 3. The van der Waals surface area contributed by atoms with Crippen LogP contribution in [0.3, 0.4) is 0 Å². The van der Waals surface area contributed by atoms with Crippen LogP contribution in [0.1, 0.15) is 33.3 Å². The summed E-state index contributed by atoms with van der Waals surface area (Å²) in [4.78, 5) is 2.43. The molecule has 0 aliphatic heterocycles. The second kappa shape index (κ2) is 8.30. The van der Waals surface area contributed by atoms with Gasteiger partial charge in [0, 0.05) is 17.6 Å². The Labute approximate surface area is 151 Å². The number of ether oxygens (including phenoxy) is 1. The van der Waals surface area contributed by atoms with Gasteiger partial charge in [0.15, 0.2) is 0 Å². The van der Waals surface area contributed by atoms with E-state index in [0.29, 0.717) is 0 Å². The van der Waals surface area contributed by atoms with E-state index < -0.39 is 0 Å². The van der Waals surface area contributed by atoms with Crippen molar-refractivity contribution in [1.82, 2.24) is 15.1 Å². The molecule has 2 rings (SSSR count). The van der Waals surface area contributed by atoms with Crippen LogP contribution in [0.5, 0.6) is 5.75 Å². The first kappa shape index (κ1) is 19.2. The van der Waals surface area contributed by atoms with Crippen LogP contribution in [0.25, 0.3) is 11.3 Å². The van der Waals surface area contributed by atoms with Gasteiger partial charge in [0.25, 0.3) is 0 Å². The predicted octanol–water partition coefficient (Wildman–Crippen LogP) is 3.99. The van der Waals surface area contributed by atoms with Crippen LogP contribution >= 0.6 is 0 Å². The minimum Gasteiger partial charge on any atom is -0.496 e. The van der Waals surface area contributed by atoms with Crippen LogP contribution in [0.2, 0.25) is 0 Å². The van der Waals surface area contributed by atoms with Gasteiger partial charge < -0.3 is 10.1 Å². The smallest absolute Gasteiger partial charge is 0.149 e. The van der Waals surface area contributed by atoms with Gasteiger partial charge in [-0.15, -0.1) is 10.2 Å². The van der Waals surface area contributed by atoms with Crippen molar-refractivity contribution < 1.29 is 4.74 Å². The Morgan fingerprint density at radius 2 is 1.80 bits per heavy atom. The summed E-state index contributed by atoms with van der Waals surface area (Å²) < 4.78 is 5.44. The highest BCUT2D eigenvalue weighted by Crippen LogP contribution is 2.30. The topological polar surface area (TPSA) is 50.3 Å². The van der Waals surface area contributed by atoms with Gasteiger partial charge in [0.05, 0.1) is 12.8 Å². The van der Waals surface area contributed by atoms with Crippen LogP contribution in [0, 0.1) is 6.92 Å². The van der Waals surface area contributed by atoms with Crippen LogP contribution in [-0.2, 0) is 0 Å². The zero-order valence-electron chi connectivity index (χ0n) is 16.3. The Bertz CT molecular complexity index is 696. The molecule has 25 heavy (non-hydrogen) atoms. The van der Waals surface area contributed by atoms with Crippen molar-refractivity contribution in [2.24, 2.45) is 0 Å². The number of hydrogen-bond donors (Lipinski definition) is 1. The van der Waals surface area contributed by atoms with Gasteiger partial charge in [-0.05, 0) is 57.6 Å². The maximum Gasteiger partial charge on any atom is 0.149 e. The van der Waals surface area contributed by atoms with Crippen molar-refractivity contribution in [2.45, 2.75) is 40.2 Å². The first-order valence-corrected chi connectivity index (χ1v) is 8.89. The highest BCUT2D eigenvalue weighted by atomic mass is 16.5. The zero-order chi connectivity index (χ0) is 18.4. The molecule has 5 nitrogen and oxygen atoms in total. The van der Waals surface area contributed by atoms with Gasteiger partial charge in [-0.1, -0.05) is 26.0 Å². The van der Waals surface area contributed by atoms with E-state index >= 15 is 0 Å². The number of benzene rings is 1. The molecule has 0 atom stereocenters. The monoisotopic (exact) mass is 342 g/mol. The minimum absolute atomic E-state index is 0.0560. The lowest BCUT2D eigenvalue weighted by Crippen LogP contribution is -2.48. The van der Waals surface area contributed by atoms with Gasteiger partial charge in [-0.2, -0.15) is 0 Å². The van der Waals surface area contributed by atoms with Crippen molar-refractivity contribution >= 4 is 5.82 Å². The Morgan fingerprint density at radius 1 is 1.12 bits per heavy atom. The van der Waals surface area contributed by atoms with Crippen LogP contribution in [-0.4, -0.2) is 47.4 Å². The predicted molar refractivity (Wildman–Crippen MR) is 104 cm³/mol. The maximum absolute atomic E-state index is 5.44.